The largest absolute Gasteiger partial charge is 0.362 e. The lowest BCUT2D eigenvalue weighted by Crippen LogP contribution is -2.45. The molecular formula is C71H110O10. The van der Waals surface area contributed by atoms with Gasteiger partial charge in [-0.3, -0.25) is 24.0 Å². The summed E-state index contributed by atoms with van der Waals surface area (Å²) in [5, 5.41) is 0. The van der Waals surface area contributed by atoms with Gasteiger partial charge in [0.15, 0.2) is 56.9 Å². The second kappa shape index (κ2) is 34.4. The second-order valence-electron chi connectivity index (χ2n) is 24.9. The van der Waals surface area contributed by atoms with Crippen LogP contribution in [0.1, 0.15) is 213 Å². The van der Waals surface area contributed by atoms with E-state index < -0.39 is 28.0 Å². The maximum Gasteiger partial charge on any atom is 0.175 e. The molecule has 0 aromatic heterocycles. The highest BCUT2D eigenvalue weighted by Gasteiger charge is 2.44. The topological polar surface area (TPSA) is 132 Å². The van der Waals surface area contributed by atoms with Crippen LogP contribution in [0.2, 0.25) is 0 Å². The Morgan fingerprint density at radius 3 is 1.28 bits per heavy atom. The molecule has 0 aromatic carbocycles. The van der Waals surface area contributed by atoms with E-state index in [2.05, 4.69) is 72.8 Å². The highest BCUT2D eigenvalue weighted by molar-refractivity contribution is 5.96. The Hall–Kier alpha value is -4.45. The van der Waals surface area contributed by atoms with Gasteiger partial charge in [-0.25, -0.2) is 0 Å². The molecule has 5 atom stereocenters. The first-order valence-corrected chi connectivity index (χ1v) is 30.3. The molecule has 0 amide bonds. The summed E-state index contributed by atoms with van der Waals surface area (Å²) in [4.78, 5) is 61.8. The Labute approximate surface area is 492 Å². The van der Waals surface area contributed by atoms with E-state index in [1.807, 2.05) is 109 Å². The van der Waals surface area contributed by atoms with Gasteiger partial charge < -0.3 is 23.7 Å². The molecule has 1 saturated carbocycles. The third-order valence-corrected chi connectivity index (χ3v) is 16.8. The minimum atomic E-state index is -0.814. The average molecular weight is 1120 g/mol. The lowest BCUT2D eigenvalue weighted by molar-refractivity contribution is -0.138. The molecule has 5 unspecified atom stereocenters. The number of carbonyl (C=O) groups is 5. The van der Waals surface area contributed by atoms with Crippen LogP contribution in [0.15, 0.2) is 119 Å². The summed E-state index contributed by atoms with van der Waals surface area (Å²) in [6.45, 7) is 28.7. The number of ether oxygens (including phenoxy) is 5. The van der Waals surface area contributed by atoms with Gasteiger partial charge in [-0.05, 0) is 175 Å². The molecule has 0 radical (unpaired) electrons. The zero-order chi connectivity index (χ0) is 61.2. The van der Waals surface area contributed by atoms with Crippen molar-refractivity contribution in [2.75, 3.05) is 35.5 Å². The van der Waals surface area contributed by atoms with Gasteiger partial charge in [0.05, 0.1) is 0 Å². The highest BCUT2D eigenvalue weighted by Crippen LogP contribution is 2.38. The number of hydrogen-bond donors (Lipinski definition) is 0. The predicted molar refractivity (Wildman–Crippen MR) is 334 cm³/mol. The first-order chi connectivity index (χ1) is 38.2. The van der Waals surface area contributed by atoms with Crippen LogP contribution in [0.3, 0.4) is 0 Å². The molecule has 1 fully saturated rings. The van der Waals surface area contributed by atoms with Gasteiger partial charge in [0, 0.05) is 67.2 Å². The SMILES string of the molecule is CCCCCC(=O)C1(OC)C=CCC(C)=C1C.COC1(C(=O)C2CCCCC2)C=CCC=C1C.COC1(C(=O)CC(C)(C)C)C=CCC=C1C.COC1(C(=O)CC(C)C)C=CCC=C1C.COC1(C(=O)CCC(C)C)C=CCC=C1C. The molecule has 10 nitrogen and oxygen atoms in total. The minimum absolute atomic E-state index is 0.00577. The fourth-order valence-corrected chi connectivity index (χ4v) is 11.4. The highest BCUT2D eigenvalue weighted by atomic mass is 16.5. The average Bonchev–Trinajstić information content (AvgIpc) is 3.44. The number of rotatable bonds is 21. The van der Waals surface area contributed by atoms with Crippen LogP contribution in [0, 0.1) is 23.2 Å². The Kier molecular flexibility index (Phi) is 30.8. The first-order valence-electron chi connectivity index (χ1n) is 30.3. The number of allylic oxidation sites excluding steroid dienone is 10. The maximum atomic E-state index is 12.7. The van der Waals surface area contributed by atoms with Gasteiger partial charge in [0.25, 0.3) is 0 Å². The number of hydrogen-bond acceptors (Lipinski definition) is 10. The van der Waals surface area contributed by atoms with Crippen molar-refractivity contribution in [3.05, 3.63) is 119 Å². The summed E-state index contributed by atoms with van der Waals surface area (Å²) in [6, 6.07) is 0. The van der Waals surface area contributed by atoms with E-state index in [-0.39, 0.29) is 40.2 Å². The van der Waals surface area contributed by atoms with Crippen molar-refractivity contribution in [1.29, 1.82) is 0 Å². The molecule has 6 aliphatic rings. The van der Waals surface area contributed by atoms with Crippen molar-refractivity contribution in [2.24, 2.45) is 23.2 Å². The van der Waals surface area contributed by atoms with E-state index in [4.69, 9.17) is 23.7 Å². The fraction of sp³-hybridized carbons (Fsp3) is 0.648. The zero-order valence-corrected chi connectivity index (χ0v) is 54.1. The van der Waals surface area contributed by atoms with Crippen molar-refractivity contribution in [3.63, 3.8) is 0 Å². The smallest absolute Gasteiger partial charge is 0.175 e. The summed E-state index contributed by atoms with van der Waals surface area (Å²) < 4.78 is 27.6. The van der Waals surface area contributed by atoms with E-state index in [1.165, 1.54) is 24.8 Å². The fourth-order valence-electron chi connectivity index (χ4n) is 11.4. The molecule has 0 spiro atoms. The van der Waals surface area contributed by atoms with Crippen molar-refractivity contribution in [1.82, 2.24) is 0 Å². The summed E-state index contributed by atoms with van der Waals surface area (Å²) in [5.41, 5.74) is 2.47. The van der Waals surface area contributed by atoms with Gasteiger partial charge in [-0.15, -0.1) is 0 Å². The molecule has 0 aromatic rings. The monoisotopic (exact) mass is 1120 g/mol. The molecule has 0 saturated heterocycles. The Morgan fingerprint density at radius 1 is 0.506 bits per heavy atom. The van der Waals surface area contributed by atoms with E-state index in [0.29, 0.717) is 37.5 Å². The zero-order valence-electron chi connectivity index (χ0n) is 54.1. The first kappa shape index (κ1) is 72.7. The third kappa shape index (κ3) is 19.6. The molecule has 81 heavy (non-hydrogen) atoms. The quantitative estimate of drug-likeness (QED) is 0.0808. The molecule has 0 N–H and O–H groups in total. The number of ketones is 5. The number of Topliss-reactive ketones (excluding diaryl/α,β-unsaturated/α-hetero) is 5. The molecule has 0 heterocycles. The minimum Gasteiger partial charge on any atom is -0.362 e. The Balaban J connectivity index is 0.000000346. The van der Waals surface area contributed by atoms with E-state index in [9.17, 15) is 24.0 Å². The van der Waals surface area contributed by atoms with E-state index in [0.717, 1.165) is 98.5 Å². The lowest BCUT2D eigenvalue weighted by atomic mass is 9.75. The summed E-state index contributed by atoms with van der Waals surface area (Å²) >= 11 is 0. The molecule has 0 aliphatic heterocycles. The van der Waals surface area contributed by atoms with Gasteiger partial charge >= 0.3 is 0 Å². The number of carbonyl (C=O) groups excluding carboxylic acids is 5. The van der Waals surface area contributed by atoms with Crippen molar-refractivity contribution in [3.8, 4) is 0 Å². The Morgan fingerprint density at radius 2 is 0.901 bits per heavy atom. The molecule has 0 bridgehead atoms. The maximum absolute atomic E-state index is 12.7. The van der Waals surface area contributed by atoms with E-state index >= 15 is 0 Å². The lowest BCUT2D eigenvalue weighted by Gasteiger charge is -2.35. The molecule has 10 heteroatoms. The summed E-state index contributed by atoms with van der Waals surface area (Å²) in [6.07, 6.45) is 44.6. The third-order valence-electron chi connectivity index (χ3n) is 16.8. The predicted octanol–water partition coefficient (Wildman–Crippen LogP) is 16.7. The molecular weight excluding hydrogens is 1010 g/mol. The van der Waals surface area contributed by atoms with E-state index in [1.54, 1.807) is 35.5 Å². The van der Waals surface area contributed by atoms with Crippen LogP contribution < -0.4 is 0 Å². The van der Waals surface area contributed by atoms with Gasteiger partial charge in [-0.2, -0.15) is 0 Å². The van der Waals surface area contributed by atoms with Crippen molar-refractivity contribution >= 4 is 28.9 Å². The number of unbranched alkanes of at least 4 members (excludes halogenated alkanes) is 2. The summed E-state index contributed by atoms with van der Waals surface area (Å²) in [7, 11) is 8.09. The molecule has 6 rings (SSSR count). The summed E-state index contributed by atoms with van der Waals surface area (Å²) in [5.74, 6) is 2.05. The Bertz CT molecular complexity index is 2400. The molecule has 6 aliphatic carbocycles. The van der Waals surface area contributed by atoms with Crippen LogP contribution in [0.25, 0.3) is 0 Å². The van der Waals surface area contributed by atoms with Gasteiger partial charge in [0.2, 0.25) is 0 Å². The van der Waals surface area contributed by atoms with Crippen molar-refractivity contribution in [2.45, 2.75) is 241 Å². The van der Waals surface area contributed by atoms with Gasteiger partial charge in [-0.1, -0.05) is 148 Å². The van der Waals surface area contributed by atoms with Crippen LogP contribution in [0.4, 0.5) is 0 Å². The molecule has 454 valence electrons. The van der Waals surface area contributed by atoms with Gasteiger partial charge in [0.1, 0.15) is 0 Å². The van der Waals surface area contributed by atoms with Crippen molar-refractivity contribution < 1.29 is 47.7 Å². The van der Waals surface area contributed by atoms with Crippen LogP contribution in [-0.2, 0) is 47.7 Å². The van der Waals surface area contributed by atoms with Crippen LogP contribution >= 0.6 is 0 Å². The van der Waals surface area contributed by atoms with Crippen LogP contribution in [0.5, 0.6) is 0 Å². The van der Waals surface area contributed by atoms with Crippen LogP contribution in [-0.4, -0.2) is 92.5 Å². The normalized spacial score (nSPS) is 26.0. The number of methoxy groups -OCH3 is 5. The second-order valence-corrected chi connectivity index (χ2v) is 24.9. The standard InChI is InChI=1S/C15H22O2.C15H24O2.2C14H22O2.C13H20O2/c1-12-8-6-7-11-15(12,17-2)14(16)13-9-4-3-5-10-13;1-5-6-7-10-14(16)15(17-4)11-8-9-12(2)13(15)3;1-11-8-6-7-9-14(11,16-5)12(15)10-13(2,3)4;1-11(2)8-9-13(15)14(16-4)10-6-5-7-12(14)3;1-10(2)9-12(14)13(15-4)8-6-5-7-11(13)3/h7-8,11,13H,3-6,9-10H2,1-2H3;8,11H,5-7,9-10H2,1-4H3;7-9H,6,10H2,1-5H3;6-7,10-11H,5,8-9H2,1-4H3;6-8,10H,5,9H2,1-4H3.